The van der Waals surface area contributed by atoms with E-state index in [1.807, 2.05) is 0 Å². The van der Waals surface area contributed by atoms with Crippen molar-refractivity contribution in [2.75, 3.05) is 39.3 Å². The summed E-state index contributed by atoms with van der Waals surface area (Å²) >= 11 is 0. The number of hydrogen-bond acceptors (Lipinski definition) is 1. The summed E-state index contributed by atoms with van der Waals surface area (Å²) in [6, 6.07) is 0. The van der Waals surface area contributed by atoms with Crippen LogP contribution in [0, 0.1) is 0 Å². The summed E-state index contributed by atoms with van der Waals surface area (Å²) in [5, 5.41) is 0. The Bertz CT molecular complexity index is 357. The van der Waals surface area contributed by atoms with Crippen LogP contribution in [-0.2, 0) is 0 Å². The highest BCUT2D eigenvalue weighted by Gasteiger charge is 2.38. The maximum Gasteiger partial charge on any atom is 0.170 e. The van der Waals surface area contributed by atoms with Crippen LogP contribution in [0.1, 0.15) is 119 Å². The molecule has 0 aromatic heterocycles. The molecule has 0 aliphatic carbocycles. The van der Waals surface area contributed by atoms with Gasteiger partial charge in [-0.05, 0) is 47.9 Å². The van der Waals surface area contributed by atoms with Crippen LogP contribution >= 0.6 is 16.9 Å². The zero-order valence-electron chi connectivity index (χ0n) is 22.0. The van der Waals surface area contributed by atoms with Gasteiger partial charge in [0.15, 0.2) is 7.51 Å². The molecule has 0 radical (unpaired) electrons. The zero-order valence-corrected chi connectivity index (χ0v) is 24.1. The van der Waals surface area contributed by atoms with Crippen LogP contribution in [0.3, 0.4) is 0 Å². The van der Waals surface area contributed by atoms with Crippen molar-refractivity contribution in [1.29, 1.82) is 0 Å². The van der Waals surface area contributed by atoms with Gasteiger partial charge in [-0.1, -0.05) is 80.1 Å². The first-order valence-electron chi connectivity index (χ1n) is 13.2. The molecule has 0 aliphatic rings. The monoisotopic (exact) mass is 480 g/mol. The molecule has 7 heteroatoms. The summed E-state index contributed by atoms with van der Waals surface area (Å²) in [5.41, 5.74) is 0. The predicted molar refractivity (Wildman–Crippen MR) is 147 cm³/mol. The van der Waals surface area contributed by atoms with Gasteiger partial charge in [0, 0.05) is 39.3 Å². The fraction of sp³-hybridized carbons (Fsp3) is 1.00. The summed E-state index contributed by atoms with van der Waals surface area (Å²) in [6.45, 7) is 21.1. The second-order valence-electron chi connectivity index (χ2n) is 8.63. The van der Waals surface area contributed by atoms with Gasteiger partial charge in [-0.2, -0.15) is 0 Å². The second kappa shape index (κ2) is 22.3. The van der Waals surface area contributed by atoms with Crippen molar-refractivity contribution in [3.63, 3.8) is 0 Å². The van der Waals surface area contributed by atoms with Gasteiger partial charge in [-0.3, -0.25) is 0 Å². The van der Waals surface area contributed by atoms with E-state index in [4.69, 9.17) is 4.52 Å². The Labute approximate surface area is 198 Å². The van der Waals surface area contributed by atoms with E-state index >= 15 is 0 Å². The predicted octanol–water partition coefficient (Wildman–Crippen LogP) is 7.60. The van der Waals surface area contributed by atoms with Gasteiger partial charge in [0.25, 0.3) is 0 Å². The van der Waals surface area contributed by atoms with Crippen molar-refractivity contribution in [3.05, 3.63) is 0 Å². The normalized spacial score (nSPS) is 12.1. The molecule has 0 aliphatic heterocycles. The van der Waals surface area contributed by atoms with E-state index in [9.17, 15) is 0 Å². The number of unbranched alkanes of at least 4 members (excludes halogenated alkanes) is 6. The van der Waals surface area contributed by atoms with Crippen molar-refractivity contribution in [2.24, 2.45) is 4.52 Å². The first-order chi connectivity index (χ1) is 14.6. The highest BCUT2D eigenvalue weighted by molar-refractivity contribution is 7.62. The molecule has 0 aromatic rings. The zero-order chi connectivity index (χ0) is 22.7. The molecule has 190 valence electrons. The fourth-order valence-electron chi connectivity index (χ4n) is 3.94. The molecule has 0 aromatic carbocycles. The molecule has 1 unspecified atom stereocenters. The molecule has 0 heterocycles. The van der Waals surface area contributed by atoms with Gasteiger partial charge in [0.1, 0.15) is 0 Å². The lowest BCUT2D eigenvalue weighted by Gasteiger charge is -2.50. The quantitative estimate of drug-likeness (QED) is 0.159. The van der Waals surface area contributed by atoms with Gasteiger partial charge in [-0.15, -0.1) is 0 Å². The van der Waals surface area contributed by atoms with Crippen molar-refractivity contribution in [2.45, 2.75) is 119 Å². The van der Waals surface area contributed by atoms with Gasteiger partial charge >= 0.3 is 0 Å². The minimum atomic E-state index is -1.90. The first kappa shape index (κ1) is 33.7. The number of rotatable bonds is 21. The van der Waals surface area contributed by atoms with Gasteiger partial charge in [0.05, 0.1) is 0 Å². The fourth-order valence-corrected chi connectivity index (χ4v) is 9.22. The van der Waals surface area contributed by atoms with E-state index in [1.165, 1.54) is 116 Å². The van der Waals surface area contributed by atoms with E-state index in [0.717, 1.165) is 0 Å². The first-order valence-corrected chi connectivity index (χ1v) is 15.3. The van der Waals surface area contributed by atoms with Crippen molar-refractivity contribution in [3.8, 4) is 0 Å². The lowest BCUT2D eigenvalue weighted by atomic mass is 10.3. The minimum absolute atomic E-state index is 0. The second-order valence-corrected chi connectivity index (χ2v) is 12.3. The van der Waals surface area contributed by atoms with E-state index in [1.54, 1.807) is 0 Å². The third-order valence-corrected chi connectivity index (χ3v) is 10.6. The van der Waals surface area contributed by atoms with Crippen LogP contribution in [0.2, 0.25) is 0 Å². The Balaban J connectivity index is 0. The number of nitrogens with zero attached hydrogens (tertiary/aromatic N) is 4. The summed E-state index contributed by atoms with van der Waals surface area (Å²) in [4.78, 5) is 0. The van der Waals surface area contributed by atoms with Crippen LogP contribution in [0.5, 0.6) is 0 Å². The highest BCUT2D eigenvalue weighted by atomic mass is 31.2. The number of hydrogen-bond donors (Lipinski definition) is 0. The molecule has 2 N–H and O–H groups in total. The lowest BCUT2D eigenvalue weighted by Crippen LogP contribution is -2.43. The summed E-state index contributed by atoms with van der Waals surface area (Å²) < 4.78 is 13.9. The average molecular weight is 481 g/mol. The molecular weight excluding hydrogens is 422 g/mol. The van der Waals surface area contributed by atoms with Gasteiger partial charge in [-0.25, -0.2) is 18.5 Å². The van der Waals surface area contributed by atoms with Crippen LogP contribution in [0.25, 0.3) is 0 Å². The van der Waals surface area contributed by atoms with E-state index in [0.29, 0.717) is 0 Å². The standard InChI is InChI=1S/C24H56N4P2.H2O/c1-7-13-19-26(20-14-8-2)30(25-29,27(21-15-9-3)22-16-10-4)28(23-17-11-5)24-18-12-6;/h7-24,29H2,1-6H3;1H2. The SMILES string of the molecule is CCCCN(CCCC)P(=NP)(N(CCCC)CCCC)N(CCCC)CCCC.O. The molecule has 0 saturated heterocycles. The summed E-state index contributed by atoms with van der Waals surface area (Å²) in [7, 11) is 0.973. The highest BCUT2D eigenvalue weighted by Crippen LogP contribution is 2.61. The topological polar surface area (TPSA) is 53.6 Å². The molecule has 5 nitrogen and oxygen atoms in total. The molecule has 0 spiro atoms. The van der Waals surface area contributed by atoms with Crippen LogP contribution in [0.15, 0.2) is 4.52 Å². The molecule has 31 heavy (non-hydrogen) atoms. The van der Waals surface area contributed by atoms with Crippen LogP contribution in [-0.4, -0.2) is 58.8 Å². The summed E-state index contributed by atoms with van der Waals surface area (Å²) in [6.07, 6.45) is 15.2. The lowest BCUT2D eigenvalue weighted by molar-refractivity contribution is 0.292. The maximum absolute atomic E-state index is 5.34. The Kier molecular flexibility index (Phi) is 24.2. The summed E-state index contributed by atoms with van der Waals surface area (Å²) in [5.74, 6) is 0. The molecule has 0 rings (SSSR count). The minimum Gasteiger partial charge on any atom is -0.412 e. The van der Waals surface area contributed by atoms with E-state index in [-0.39, 0.29) is 5.48 Å². The smallest absolute Gasteiger partial charge is 0.170 e. The Morgan fingerprint density at radius 3 is 0.806 bits per heavy atom. The molecule has 1 atom stereocenters. The van der Waals surface area contributed by atoms with Crippen molar-refractivity contribution in [1.82, 2.24) is 14.0 Å². The molecule has 0 fully saturated rings. The van der Waals surface area contributed by atoms with E-state index < -0.39 is 7.51 Å². The largest absolute Gasteiger partial charge is 0.412 e. The van der Waals surface area contributed by atoms with Gasteiger partial charge in [0.2, 0.25) is 0 Å². The maximum atomic E-state index is 5.34. The third kappa shape index (κ3) is 12.0. The Morgan fingerprint density at radius 1 is 0.484 bits per heavy atom. The molecule has 0 saturated carbocycles. The van der Waals surface area contributed by atoms with Crippen LogP contribution < -0.4 is 0 Å². The van der Waals surface area contributed by atoms with Crippen molar-refractivity contribution >= 4 is 16.9 Å². The van der Waals surface area contributed by atoms with E-state index in [2.05, 4.69) is 64.9 Å². The third-order valence-electron chi connectivity index (χ3n) is 5.91. The van der Waals surface area contributed by atoms with Crippen LogP contribution in [0.4, 0.5) is 0 Å². The molecular formula is C24H58N4OP2. The Morgan fingerprint density at radius 2 is 0.677 bits per heavy atom. The van der Waals surface area contributed by atoms with Gasteiger partial charge < -0.3 is 5.48 Å². The average Bonchev–Trinajstić information content (AvgIpc) is 2.77. The molecule has 0 bridgehead atoms. The van der Waals surface area contributed by atoms with Crippen molar-refractivity contribution < 1.29 is 5.48 Å². The molecule has 0 amide bonds. The Hall–Kier alpha value is 0.500.